The molecule has 0 aliphatic carbocycles. The molecule has 9 nitrogen and oxygen atoms in total. The number of hydrogen-bond acceptors (Lipinski definition) is 5. The molecule has 0 saturated heterocycles. The van der Waals surface area contributed by atoms with Gasteiger partial charge in [0, 0.05) is 32.5 Å². The van der Waals surface area contributed by atoms with Crippen LogP contribution in [0.3, 0.4) is 0 Å². The summed E-state index contributed by atoms with van der Waals surface area (Å²) in [7, 11) is 1.63. The maximum atomic E-state index is 12.7. The van der Waals surface area contributed by atoms with Gasteiger partial charge < -0.3 is 14.6 Å². The Balaban J connectivity index is 1.73. The van der Waals surface area contributed by atoms with Gasteiger partial charge in [-0.05, 0) is 36.5 Å². The number of methoxy groups -OCH3 is 1. The van der Waals surface area contributed by atoms with E-state index in [1.807, 2.05) is 35.8 Å². The molecule has 2 N–H and O–H groups in total. The van der Waals surface area contributed by atoms with Crippen molar-refractivity contribution >= 4 is 17.1 Å². The fourth-order valence-corrected chi connectivity index (χ4v) is 3.95. The number of aromatic amines is 1. The summed E-state index contributed by atoms with van der Waals surface area (Å²) < 4.78 is 8.57. The van der Waals surface area contributed by atoms with Crippen LogP contribution in [-0.2, 0) is 30.7 Å². The van der Waals surface area contributed by atoms with E-state index in [1.54, 1.807) is 7.11 Å². The number of nitrogens with zero attached hydrogens (tertiary/aromatic N) is 3. The van der Waals surface area contributed by atoms with Gasteiger partial charge >= 0.3 is 5.69 Å². The summed E-state index contributed by atoms with van der Waals surface area (Å²) >= 11 is 0. The van der Waals surface area contributed by atoms with Crippen molar-refractivity contribution in [3.05, 3.63) is 56.5 Å². The van der Waals surface area contributed by atoms with Crippen molar-refractivity contribution in [2.45, 2.75) is 66.0 Å². The zero-order valence-corrected chi connectivity index (χ0v) is 20.5. The van der Waals surface area contributed by atoms with E-state index in [1.165, 1.54) is 4.57 Å². The van der Waals surface area contributed by atoms with Crippen LogP contribution >= 0.6 is 0 Å². The van der Waals surface area contributed by atoms with Crippen LogP contribution < -0.4 is 21.3 Å². The van der Waals surface area contributed by atoms with E-state index in [2.05, 4.69) is 29.1 Å². The summed E-state index contributed by atoms with van der Waals surface area (Å²) in [5.41, 5.74) is 1.04. The predicted molar refractivity (Wildman–Crippen MR) is 132 cm³/mol. The highest BCUT2D eigenvalue weighted by molar-refractivity contribution is 5.76. The second kappa shape index (κ2) is 11.7. The zero-order valence-electron chi connectivity index (χ0n) is 20.5. The molecule has 0 aliphatic rings. The summed E-state index contributed by atoms with van der Waals surface area (Å²) in [5.74, 6) is 1.64. The van der Waals surface area contributed by atoms with Crippen molar-refractivity contribution in [2.24, 2.45) is 5.92 Å². The molecule has 1 amide bonds. The lowest BCUT2D eigenvalue weighted by atomic mass is 10.1. The maximum Gasteiger partial charge on any atom is 0.330 e. The SMILES string of the molecule is CCCCn1c(=O)[nH]c(=O)c2c1nc(CCC(=O)NCCc1ccc(OC)cc1)n2CC(C)C. The van der Waals surface area contributed by atoms with Gasteiger partial charge in [-0.25, -0.2) is 9.78 Å². The van der Waals surface area contributed by atoms with Crippen LogP contribution in [0.5, 0.6) is 5.75 Å². The van der Waals surface area contributed by atoms with Crippen LogP contribution in [0.25, 0.3) is 11.2 Å². The van der Waals surface area contributed by atoms with Crippen molar-refractivity contribution < 1.29 is 9.53 Å². The maximum absolute atomic E-state index is 12.7. The Morgan fingerprint density at radius 3 is 2.53 bits per heavy atom. The monoisotopic (exact) mass is 469 g/mol. The van der Waals surface area contributed by atoms with Crippen LogP contribution in [0.4, 0.5) is 0 Å². The minimum absolute atomic E-state index is 0.0750. The summed E-state index contributed by atoms with van der Waals surface area (Å²) in [4.78, 5) is 44.7. The number of unbranched alkanes of at least 4 members (excludes halogenated alkanes) is 1. The molecule has 0 bridgehead atoms. The summed E-state index contributed by atoms with van der Waals surface area (Å²) in [6.07, 6.45) is 3.09. The van der Waals surface area contributed by atoms with Crippen molar-refractivity contribution in [3.8, 4) is 5.75 Å². The predicted octanol–water partition coefficient (Wildman–Crippen LogP) is 2.64. The molecule has 1 aromatic carbocycles. The molecule has 0 atom stereocenters. The fraction of sp³-hybridized carbons (Fsp3) is 0.520. The highest BCUT2D eigenvalue weighted by Gasteiger charge is 2.19. The molecule has 9 heteroatoms. The van der Waals surface area contributed by atoms with E-state index >= 15 is 0 Å². The summed E-state index contributed by atoms with van der Waals surface area (Å²) in [6, 6.07) is 7.76. The summed E-state index contributed by atoms with van der Waals surface area (Å²) in [6.45, 7) is 7.77. The fourth-order valence-electron chi connectivity index (χ4n) is 3.95. The number of carbonyl (C=O) groups is 1. The number of hydrogen-bond donors (Lipinski definition) is 2. The number of benzene rings is 1. The normalized spacial score (nSPS) is 11.3. The average molecular weight is 470 g/mol. The van der Waals surface area contributed by atoms with Crippen LogP contribution in [0.15, 0.2) is 33.9 Å². The topological polar surface area (TPSA) is 111 Å². The van der Waals surface area contributed by atoms with Gasteiger partial charge in [0.15, 0.2) is 11.2 Å². The van der Waals surface area contributed by atoms with Crippen molar-refractivity contribution in [1.29, 1.82) is 0 Å². The van der Waals surface area contributed by atoms with Gasteiger partial charge in [-0.1, -0.05) is 39.3 Å². The molecule has 0 spiro atoms. The van der Waals surface area contributed by atoms with Gasteiger partial charge in [-0.15, -0.1) is 0 Å². The van der Waals surface area contributed by atoms with E-state index in [0.29, 0.717) is 43.0 Å². The minimum Gasteiger partial charge on any atom is -0.497 e. The van der Waals surface area contributed by atoms with Gasteiger partial charge in [-0.2, -0.15) is 0 Å². The molecule has 0 unspecified atom stereocenters. The van der Waals surface area contributed by atoms with Crippen LogP contribution in [0, 0.1) is 5.92 Å². The second-order valence-electron chi connectivity index (χ2n) is 8.92. The molecule has 2 heterocycles. The average Bonchev–Trinajstić information content (AvgIpc) is 3.15. The summed E-state index contributed by atoms with van der Waals surface area (Å²) in [5, 5.41) is 2.95. The van der Waals surface area contributed by atoms with Crippen LogP contribution in [0.1, 0.15) is 51.4 Å². The third-order valence-corrected chi connectivity index (χ3v) is 5.72. The number of aromatic nitrogens is 4. The van der Waals surface area contributed by atoms with Crippen molar-refractivity contribution in [2.75, 3.05) is 13.7 Å². The Morgan fingerprint density at radius 2 is 1.88 bits per heavy atom. The van der Waals surface area contributed by atoms with Gasteiger partial charge in [0.05, 0.1) is 7.11 Å². The number of rotatable bonds is 12. The van der Waals surface area contributed by atoms with Crippen molar-refractivity contribution in [3.63, 3.8) is 0 Å². The van der Waals surface area contributed by atoms with E-state index in [4.69, 9.17) is 4.74 Å². The number of carbonyl (C=O) groups excluding carboxylic acids is 1. The Kier molecular flexibility index (Phi) is 8.67. The smallest absolute Gasteiger partial charge is 0.330 e. The second-order valence-corrected chi connectivity index (χ2v) is 8.92. The molecule has 2 aromatic heterocycles. The standard InChI is InChI=1S/C25H35N5O4/c1-5-6-15-29-23-22(24(32)28-25(29)33)30(16-17(2)3)20(27-23)11-12-21(31)26-14-13-18-7-9-19(34-4)10-8-18/h7-10,17H,5-6,11-16H2,1-4H3,(H,26,31)(H,28,32,33). The molecule has 34 heavy (non-hydrogen) atoms. The highest BCUT2D eigenvalue weighted by atomic mass is 16.5. The number of aryl methyl sites for hydroxylation is 2. The van der Waals surface area contributed by atoms with Gasteiger partial charge in [0.2, 0.25) is 5.91 Å². The first-order chi connectivity index (χ1) is 16.3. The number of H-pyrrole nitrogens is 1. The lowest BCUT2D eigenvalue weighted by Crippen LogP contribution is -2.31. The number of imidazole rings is 1. The first-order valence-corrected chi connectivity index (χ1v) is 12.0. The number of nitrogens with one attached hydrogen (secondary N) is 2. The first kappa shape index (κ1) is 25.3. The van der Waals surface area contributed by atoms with E-state index in [-0.39, 0.29) is 18.2 Å². The molecule has 3 rings (SSSR count). The number of ether oxygens (including phenoxy) is 1. The molecule has 184 valence electrons. The molecule has 0 fully saturated rings. The van der Waals surface area contributed by atoms with Crippen molar-refractivity contribution in [1.82, 2.24) is 24.4 Å². The Hall–Kier alpha value is -3.36. The van der Waals surface area contributed by atoms with Crippen LogP contribution in [-0.4, -0.2) is 38.7 Å². The Bertz CT molecular complexity index is 1220. The lowest BCUT2D eigenvalue weighted by Gasteiger charge is -2.11. The number of fused-ring (bicyclic) bond motifs is 1. The molecule has 0 aliphatic heterocycles. The van der Waals surface area contributed by atoms with E-state index in [9.17, 15) is 14.4 Å². The molecule has 3 aromatic rings. The molecular weight excluding hydrogens is 434 g/mol. The highest BCUT2D eigenvalue weighted by Crippen LogP contribution is 2.16. The van der Waals surface area contributed by atoms with E-state index in [0.717, 1.165) is 30.6 Å². The minimum atomic E-state index is -0.442. The quantitative estimate of drug-likeness (QED) is 0.424. The third kappa shape index (κ3) is 6.15. The van der Waals surface area contributed by atoms with E-state index < -0.39 is 11.2 Å². The Labute approximate surface area is 199 Å². The van der Waals surface area contributed by atoms with Gasteiger partial charge in [-0.3, -0.25) is 19.1 Å². The van der Waals surface area contributed by atoms with Gasteiger partial charge in [0.25, 0.3) is 5.56 Å². The third-order valence-electron chi connectivity index (χ3n) is 5.72. The number of amides is 1. The Morgan fingerprint density at radius 1 is 1.15 bits per heavy atom. The van der Waals surface area contributed by atoms with Gasteiger partial charge in [0.1, 0.15) is 11.6 Å². The molecule has 0 radical (unpaired) electrons. The molecular formula is C25H35N5O4. The van der Waals surface area contributed by atoms with Crippen LogP contribution in [0.2, 0.25) is 0 Å². The first-order valence-electron chi connectivity index (χ1n) is 12.0. The lowest BCUT2D eigenvalue weighted by molar-refractivity contribution is -0.121. The molecule has 0 saturated carbocycles. The largest absolute Gasteiger partial charge is 0.497 e. The zero-order chi connectivity index (χ0) is 24.7.